The van der Waals surface area contributed by atoms with Gasteiger partial charge in [-0.25, -0.2) is 4.79 Å². The minimum absolute atomic E-state index is 0. The van der Waals surface area contributed by atoms with Crippen LogP contribution in [0.3, 0.4) is 0 Å². The maximum Gasteiger partial charge on any atom is 0.0886 e. The summed E-state index contributed by atoms with van der Waals surface area (Å²) in [4.78, 5) is 97.9. The minimum Gasteiger partial charge on any atom is -0.255 e. The first-order chi connectivity index (χ1) is 42.2. The SMILES string of the molecule is C.C=C(C)C(=O)OCCN(C)C.CC(C)(Br)C(=O)OCCOCCOCCOC(=O)C(C)(C)Br.CN(C)CCOC(=O)C(C)(Br)CC(C)(C)C(=O)OCCOCCOCCOC(=O)C(C)(C)CC(C)(Br)C(=O)OCCN(C)C.[Cu][Br].c1ccc(-c2ccccn2)nc1. The molecule has 0 saturated heterocycles. The number of rotatable bonds is 39. The summed E-state index contributed by atoms with van der Waals surface area (Å²) in [7, 11) is 11.4. The predicted molar refractivity (Wildman–Crippen MR) is 371 cm³/mol. The van der Waals surface area contributed by atoms with E-state index in [1.165, 1.54) is 0 Å². The van der Waals surface area contributed by atoms with E-state index >= 15 is 0 Å². The van der Waals surface area contributed by atoms with Crippen LogP contribution in [0.15, 0.2) is 60.9 Å². The largest absolute Gasteiger partial charge is 0.255 e. The maximum absolute atomic E-state index is 12.6. The predicted octanol–water partition coefficient (Wildman–Crippen LogP) is 10.2. The zero-order valence-electron chi connectivity index (χ0n) is 56.2. The van der Waals surface area contributed by atoms with E-state index in [2.05, 4.69) is 109 Å². The number of alkyl halides is 4. The minimum atomic E-state index is -1.03. The van der Waals surface area contributed by atoms with Gasteiger partial charge in [0.1, 0.15) is 63.5 Å². The topological polar surface area (TPSA) is 257 Å². The number of carbonyl (C=O) groups is 7. The Morgan fingerprint density at radius 3 is 0.902 bits per heavy atom. The molecule has 0 aromatic carbocycles. The van der Waals surface area contributed by atoms with Gasteiger partial charge in [0, 0.05) is 37.6 Å². The fourth-order valence-electron chi connectivity index (χ4n) is 6.52. The van der Waals surface area contributed by atoms with Crippen molar-refractivity contribution in [2.24, 2.45) is 10.8 Å². The van der Waals surface area contributed by atoms with E-state index in [1.54, 1.807) is 88.6 Å². The molecule has 0 spiro atoms. The fraction of sp³-hybridized carbons (Fsp3) is 0.698. The molecule has 0 amide bonds. The van der Waals surface area contributed by atoms with Gasteiger partial charge in [-0.3, -0.25) is 38.7 Å². The molecular formula is C63H105Br5CuN5O18. The molecule has 92 heavy (non-hydrogen) atoms. The molecule has 29 heteroatoms. The van der Waals surface area contributed by atoms with E-state index in [-0.39, 0.29) is 104 Å². The first kappa shape index (κ1) is 95.4. The van der Waals surface area contributed by atoms with E-state index in [1.807, 2.05) is 93.4 Å². The Kier molecular flexibility index (Phi) is 54.0. The summed E-state index contributed by atoms with van der Waals surface area (Å²) in [6, 6.07) is 11.6. The summed E-state index contributed by atoms with van der Waals surface area (Å²) >= 11 is 19.7. The number of nitrogens with zero attached hydrogens (tertiary/aromatic N) is 5. The van der Waals surface area contributed by atoms with E-state index in [0.717, 1.165) is 17.9 Å². The summed E-state index contributed by atoms with van der Waals surface area (Å²) in [5.41, 5.74) is 0.409. The van der Waals surface area contributed by atoms with Crippen LogP contribution in [-0.2, 0) is 99.9 Å². The molecule has 0 radical (unpaired) electrons. The quantitative estimate of drug-likeness (QED) is 0.0150. The first-order valence-electron chi connectivity index (χ1n) is 29.0. The van der Waals surface area contributed by atoms with E-state index in [4.69, 9.17) is 52.1 Å². The summed E-state index contributed by atoms with van der Waals surface area (Å²) < 4.78 is 54.1. The summed E-state index contributed by atoms with van der Waals surface area (Å²) in [5.74, 6) is -2.74. The summed E-state index contributed by atoms with van der Waals surface area (Å²) in [6.45, 7) is 27.8. The van der Waals surface area contributed by atoms with Crippen LogP contribution in [0.2, 0.25) is 0 Å². The Morgan fingerprint density at radius 1 is 0.413 bits per heavy atom. The first-order valence-corrected chi connectivity index (χ1v) is 34.5. The number of carbonyl (C=O) groups excluding carboxylic acids is 7. The molecule has 2 heterocycles. The molecule has 2 unspecified atom stereocenters. The molecule has 2 aromatic heterocycles. The van der Waals surface area contributed by atoms with E-state index in [0.29, 0.717) is 51.7 Å². The number of aromatic nitrogens is 2. The second-order valence-electron chi connectivity index (χ2n) is 23.5. The number of likely N-dealkylation sites (N-methyl/N-ethyl adjacent to an activating group) is 3. The van der Waals surface area contributed by atoms with Crippen molar-refractivity contribution in [2.75, 3.05) is 161 Å². The van der Waals surface area contributed by atoms with Crippen molar-refractivity contribution >= 4 is 120 Å². The van der Waals surface area contributed by atoms with Crippen molar-refractivity contribution in [1.29, 1.82) is 0 Å². The van der Waals surface area contributed by atoms with E-state index in [9.17, 15) is 33.6 Å². The molecule has 0 aliphatic heterocycles. The monoisotopic (exact) mass is 1680 g/mol. The zero-order chi connectivity index (χ0) is 70.5. The van der Waals surface area contributed by atoms with Crippen LogP contribution in [0.25, 0.3) is 11.4 Å². The van der Waals surface area contributed by atoms with Gasteiger partial charge in [0.05, 0.1) is 75.1 Å². The van der Waals surface area contributed by atoms with Crippen molar-refractivity contribution in [3.05, 3.63) is 60.9 Å². The van der Waals surface area contributed by atoms with Crippen molar-refractivity contribution in [2.45, 2.75) is 114 Å². The molecule has 2 rings (SSSR count). The average molecular weight is 1680 g/mol. The smallest absolute Gasteiger partial charge is 0.0886 e. The number of ether oxygens (including phenoxy) is 11. The molecule has 0 bridgehead atoms. The van der Waals surface area contributed by atoms with Crippen molar-refractivity contribution < 1.29 is 99.9 Å². The number of pyridine rings is 2. The van der Waals surface area contributed by atoms with Gasteiger partial charge in [0.25, 0.3) is 0 Å². The Morgan fingerprint density at radius 2 is 0.663 bits per heavy atom. The van der Waals surface area contributed by atoms with E-state index < -0.39 is 52.0 Å². The zero-order valence-corrected chi connectivity index (χ0v) is 65.1. The van der Waals surface area contributed by atoms with Gasteiger partial charge in [0.2, 0.25) is 0 Å². The third-order valence-electron chi connectivity index (χ3n) is 11.3. The van der Waals surface area contributed by atoms with Crippen LogP contribution in [-0.4, -0.2) is 245 Å². The number of esters is 7. The van der Waals surface area contributed by atoms with Crippen LogP contribution in [0.4, 0.5) is 0 Å². The summed E-state index contributed by atoms with van der Waals surface area (Å²) in [6.07, 6.45) is 3.91. The van der Waals surface area contributed by atoms with Gasteiger partial charge in [0.15, 0.2) is 0 Å². The number of hydrogen-bond donors (Lipinski definition) is 0. The third kappa shape index (κ3) is 50.4. The van der Waals surface area contributed by atoms with Crippen LogP contribution < -0.4 is 0 Å². The average Bonchev–Trinajstić information content (AvgIpc) is 1.42. The van der Waals surface area contributed by atoms with Crippen LogP contribution >= 0.6 is 77.8 Å². The van der Waals surface area contributed by atoms with Crippen LogP contribution in [0.1, 0.15) is 96.4 Å². The van der Waals surface area contributed by atoms with Crippen molar-refractivity contribution in [3.63, 3.8) is 0 Å². The normalized spacial score (nSPS) is 12.6. The number of halogens is 5. The second-order valence-corrected chi connectivity index (χ2v) is 30.9. The Bertz CT molecular complexity index is 2220. The maximum atomic E-state index is 12.6. The third-order valence-corrected chi connectivity index (χ3v) is 13.2. The molecular weight excluding hydrogens is 1580 g/mol. The molecule has 0 saturated carbocycles. The molecule has 2 atom stereocenters. The van der Waals surface area contributed by atoms with Gasteiger partial charge in [-0.2, -0.15) is 0 Å². The molecule has 0 aliphatic rings. The second kappa shape index (κ2) is 52.1. The van der Waals surface area contributed by atoms with Gasteiger partial charge in [-0.15, -0.1) is 0 Å². The van der Waals surface area contributed by atoms with Crippen LogP contribution in [0, 0.1) is 10.8 Å². The summed E-state index contributed by atoms with van der Waals surface area (Å²) in [5, 5.41) is 0. The molecule has 0 fully saturated rings. The van der Waals surface area contributed by atoms with Gasteiger partial charge >= 0.3 is 70.1 Å². The Labute approximate surface area is 597 Å². The Balaban J connectivity index is -0.000000657. The molecule has 2 aromatic rings. The van der Waals surface area contributed by atoms with Gasteiger partial charge < -0.3 is 66.8 Å². The molecule has 0 N–H and O–H groups in total. The molecule has 536 valence electrons. The fourth-order valence-corrected chi connectivity index (χ4v) is 8.37. The van der Waals surface area contributed by atoms with Gasteiger partial charge in [-0.1, -0.05) is 89.9 Å². The van der Waals surface area contributed by atoms with Crippen molar-refractivity contribution in [3.8, 4) is 11.4 Å². The number of hydrogen-bond acceptors (Lipinski definition) is 23. The van der Waals surface area contributed by atoms with Crippen LogP contribution in [0.5, 0.6) is 0 Å². The van der Waals surface area contributed by atoms with Gasteiger partial charge in [-0.05, 0) is 156 Å². The molecule has 0 aliphatic carbocycles. The van der Waals surface area contributed by atoms with Crippen molar-refractivity contribution in [1.82, 2.24) is 24.7 Å². The Hall–Kier alpha value is -3.03. The molecule has 23 nitrogen and oxygen atoms in total. The standard InChI is InChI=1S/C30H54Br2N2O10.C14H24Br2O6.C10H8N2.C8H15NO2.CH4.BrH.Cu/c1-27(2,21-29(5,31)25(37)41-13-11-33(7)8)23(35)43-19-17-39-15-16-40-18-20-44-24(36)28(3,4)22-30(6,32)26(38)42-14-12-34(9)10;1-13(2,15)11(17)21-9-7-19-5-6-20-8-10-22-12(18)14(3,4)16;1-3-7-11-9(5-1)10-6-2-4-8-12-10;1-7(2)8(10)11-6-5-9(3)4;;;/h11-22H2,1-10H3;5-10H2,1-4H3;1-8H;1,5-6H2,2-4H3;1H4;1H;/q;;;;;;+1/p-1.